The second kappa shape index (κ2) is 7.23. The van der Waals surface area contributed by atoms with E-state index in [4.69, 9.17) is 9.26 Å². The molecule has 0 amide bonds. The average Bonchev–Trinajstić information content (AvgIpc) is 3.06. The maximum absolute atomic E-state index is 11.9. The molecule has 0 atom stereocenters. The van der Waals surface area contributed by atoms with E-state index in [1.165, 1.54) is 0 Å². The highest BCUT2D eigenvalue weighted by Gasteiger charge is 2.44. The van der Waals surface area contributed by atoms with Crippen LogP contribution in [-0.4, -0.2) is 44.8 Å². The van der Waals surface area contributed by atoms with E-state index in [1.807, 2.05) is 19.9 Å². The van der Waals surface area contributed by atoms with Crippen molar-refractivity contribution in [2.75, 3.05) is 13.1 Å². The molecule has 25 heavy (non-hydrogen) atoms. The summed E-state index contributed by atoms with van der Waals surface area (Å²) >= 11 is 0. The van der Waals surface area contributed by atoms with Crippen LogP contribution in [0.25, 0.3) is 0 Å². The molecule has 3 heterocycles. The number of pyridine rings is 1. The minimum Gasteiger partial charge on any atom is -0.478 e. The third-order valence-electron chi connectivity index (χ3n) is 4.67. The molecule has 1 aliphatic rings. The Morgan fingerprint density at radius 2 is 2.20 bits per heavy atom. The summed E-state index contributed by atoms with van der Waals surface area (Å²) in [7, 11) is 0. The van der Waals surface area contributed by atoms with E-state index in [9.17, 15) is 9.90 Å². The zero-order valence-electron chi connectivity index (χ0n) is 14.6. The predicted octanol–water partition coefficient (Wildman–Crippen LogP) is 2.44. The summed E-state index contributed by atoms with van der Waals surface area (Å²) in [4.78, 5) is 18.2. The molecule has 1 fully saturated rings. The topological polar surface area (TPSA) is 88.7 Å². The van der Waals surface area contributed by atoms with Gasteiger partial charge in [-0.05, 0) is 25.5 Å². The first-order valence-corrected chi connectivity index (χ1v) is 8.53. The first-order chi connectivity index (χ1) is 12.0. The molecule has 0 saturated carbocycles. The SMILES string of the molecule is CCc1cc(CN2CCC(Oc3cccnc3C)(C(=O)O)CC2)on1. The van der Waals surface area contributed by atoms with Gasteiger partial charge in [0.25, 0.3) is 0 Å². The van der Waals surface area contributed by atoms with Crippen molar-refractivity contribution < 1.29 is 19.2 Å². The van der Waals surface area contributed by atoms with Crippen molar-refractivity contribution in [2.24, 2.45) is 0 Å². The summed E-state index contributed by atoms with van der Waals surface area (Å²) < 4.78 is 11.3. The Bertz CT molecular complexity index is 735. The van der Waals surface area contributed by atoms with Crippen LogP contribution in [0.5, 0.6) is 5.75 Å². The molecular weight excluding hydrogens is 322 g/mol. The van der Waals surface area contributed by atoms with Gasteiger partial charge in [-0.2, -0.15) is 0 Å². The number of piperidine rings is 1. The maximum Gasteiger partial charge on any atom is 0.348 e. The number of aromatic nitrogens is 2. The first kappa shape index (κ1) is 17.4. The number of hydrogen-bond acceptors (Lipinski definition) is 6. The average molecular weight is 345 g/mol. The van der Waals surface area contributed by atoms with Gasteiger partial charge in [0.05, 0.1) is 17.9 Å². The Morgan fingerprint density at radius 3 is 2.80 bits per heavy atom. The van der Waals surface area contributed by atoms with Crippen LogP contribution in [0.1, 0.15) is 36.9 Å². The second-order valence-corrected chi connectivity index (χ2v) is 6.40. The smallest absolute Gasteiger partial charge is 0.348 e. The third-order valence-corrected chi connectivity index (χ3v) is 4.67. The molecular formula is C18H23N3O4. The number of carboxylic acids is 1. The van der Waals surface area contributed by atoms with Gasteiger partial charge >= 0.3 is 5.97 Å². The third kappa shape index (κ3) is 3.82. The molecule has 2 aromatic heterocycles. The highest BCUT2D eigenvalue weighted by atomic mass is 16.5. The Labute approximate surface area is 146 Å². The number of likely N-dealkylation sites (tertiary alicyclic amines) is 1. The molecule has 134 valence electrons. The number of carbonyl (C=O) groups is 1. The summed E-state index contributed by atoms with van der Waals surface area (Å²) in [5.74, 6) is 0.410. The van der Waals surface area contributed by atoms with Crippen LogP contribution in [-0.2, 0) is 17.8 Å². The summed E-state index contributed by atoms with van der Waals surface area (Å²) in [5, 5.41) is 13.8. The fourth-order valence-corrected chi connectivity index (χ4v) is 3.04. The summed E-state index contributed by atoms with van der Waals surface area (Å²) in [6, 6.07) is 5.47. The highest BCUT2D eigenvalue weighted by Crippen LogP contribution is 2.31. The van der Waals surface area contributed by atoms with Crippen LogP contribution in [0.4, 0.5) is 0 Å². The van der Waals surface area contributed by atoms with Gasteiger partial charge in [0.15, 0.2) is 5.76 Å². The summed E-state index contributed by atoms with van der Waals surface area (Å²) in [6.07, 6.45) is 3.32. The van der Waals surface area contributed by atoms with Crippen molar-refractivity contribution >= 4 is 5.97 Å². The van der Waals surface area contributed by atoms with Crippen molar-refractivity contribution in [3.05, 3.63) is 41.5 Å². The molecule has 0 aliphatic carbocycles. The second-order valence-electron chi connectivity index (χ2n) is 6.40. The van der Waals surface area contributed by atoms with Crippen molar-refractivity contribution in [1.29, 1.82) is 0 Å². The van der Waals surface area contributed by atoms with E-state index < -0.39 is 11.6 Å². The fraction of sp³-hybridized carbons (Fsp3) is 0.500. The van der Waals surface area contributed by atoms with Gasteiger partial charge in [0.2, 0.25) is 5.60 Å². The van der Waals surface area contributed by atoms with E-state index in [1.54, 1.807) is 18.3 Å². The number of nitrogens with zero attached hydrogens (tertiary/aromatic N) is 3. The highest BCUT2D eigenvalue weighted by molar-refractivity contribution is 5.78. The van der Waals surface area contributed by atoms with Crippen molar-refractivity contribution in [3.8, 4) is 5.75 Å². The molecule has 1 saturated heterocycles. The van der Waals surface area contributed by atoms with Gasteiger partial charge in [-0.1, -0.05) is 12.1 Å². The molecule has 2 aromatic rings. The molecule has 1 aliphatic heterocycles. The van der Waals surface area contributed by atoms with Crippen LogP contribution in [0.2, 0.25) is 0 Å². The lowest BCUT2D eigenvalue weighted by Gasteiger charge is -2.38. The largest absolute Gasteiger partial charge is 0.478 e. The summed E-state index contributed by atoms with van der Waals surface area (Å²) in [5.41, 5.74) is 0.418. The van der Waals surface area contributed by atoms with E-state index in [2.05, 4.69) is 15.0 Å². The van der Waals surface area contributed by atoms with Crippen LogP contribution >= 0.6 is 0 Å². The molecule has 0 unspecified atom stereocenters. The number of rotatable bonds is 6. The van der Waals surface area contributed by atoms with Gasteiger partial charge < -0.3 is 14.4 Å². The number of aliphatic carboxylic acids is 1. The monoisotopic (exact) mass is 345 g/mol. The normalized spacial score (nSPS) is 17.4. The Morgan fingerprint density at radius 1 is 1.44 bits per heavy atom. The quantitative estimate of drug-likeness (QED) is 0.860. The Kier molecular flexibility index (Phi) is 5.03. The molecule has 0 aromatic carbocycles. The molecule has 0 bridgehead atoms. The van der Waals surface area contributed by atoms with Crippen molar-refractivity contribution in [3.63, 3.8) is 0 Å². The minimum atomic E-state index is -1.21. The molecule has 0 radical (unpaired) electrons. The lowest BCUT2D eigenvalue weighted by atomic mass is 9.91. The van der Waals surface area contributed by atoms with Gasteiger partial charge in [0.1, 0.15) is 5.75 Å². The number of aryl methyl sites for hydroxylation is 2. The van der Waals surface area contributed by atoms with Gasteiger partial charge in [-0.25, -0.2) is 4.79 Å². The number of carboxylic acid groups (broad SMARTS) is 1. The van der Waals surface area contributed by atoms with Crippen molar-refractivity contribution in [1.82, 2.24) is 15.0 Å². The predicted molar refractivity (Wildman–Crippen MR) is 90.4 cm³/mol. The van der Waals surface area contributed by atoms with E-state index in [0.717, 1.165) is 17.9 Å². The van der Waals surface area contributed by atoms with Crippen LogP contribution in [0, 0.1) is 6.92 Å². The van der Waals surface area contributed by atoms with E-state index >= 15 is 0 Å². The molecule has 7 heteroatoms. The molecule has 1 N–H and O–H groups in total. The zero-order valence-corrected chi connectivity index (χ0v) is 14.6. The Balaban J connectivity index is 1.66. The lowest BCUT2D eigenvalue weighted by Crippen LogP contribution is -2.53. The van der Waals surface area contributed by atoms with E-state index in [0.29, 0.717) is 43.9 Å². The first-order valence-electron chi connectivity index (χ1n) is 8.53. The molecule has 7 nitrogen and oxygen atoms in total. The lowest BCUT2D eigenvalue weighted by molar-refractivity contribution is -0.160. The van der Waals surface area contributed by atoms with Crippen molar-refractivity contribution in [2.45, 2.75) is 45.3 Å². The molecule has 3 rings (SSSR count). The van der Waals surface area contributed by atoms with Gasteiger partial charge in [-0.3, -0.25) is 9.88 Å². The number of ether oxygens (including phenoxy) is 1. The van der Waals surface area contributed by atoms with Gasteiger partial charge in [-0.15, -0.1) is 0 Å². The standard InChI is InChI=1S/C18H23N3O4/c1-3-14-11-15(25-20-14)12-21-9-6-18(7-10-21,17(22)23)24-16-5-4-8-19-13(16)2/h4-5,8,11H,3,6-7,9-10,12H2,1-2H3,(H,22,23). The van der Waals surface area contributed by atoms with E-state index in [-0.39, 0.29) is 0 Å². The minimum absolute atomic E-state index is 0.408. The Hall–Kier alpha value is -2.41. The van der Waals surface area contributed by atoms with Crippen LogP contribution in [0.15, 0.2) is 28.9 Å². The number of hydrogen-bond donors (Lipinski definition) is 1. The van der Waals surface area contributed by atoms with Gasteiger partial charge in [0, 0.05) is 38.2 Å². The summed E-state index contributed by atoms with van der Waals surface area (Å²) in [6.45, 7) is 5.72. The maximum atomic E-state index is 11.9. The van der Waals surface area contributed by atoms with Crippen LogP contribution < -0.4 is 4.74 Å². The van der Waals surface area contributed by atoms with Crippen LogP contribution in [0.3, 0.4) is 0 Å². The molecule has 0 spiro atoms. The zero-order chi connectivity index (χ0) is 17.9. The fourth-order valence-electron chi connectivity index (χ4n) is 3.04.